The molecule has 0 aromatic rings. The van der Waals surface area contributed by atoms with E-state index >= 15 is 0 Å². The Morgan fingerprint density at radius 2 is 1.50 bits per heavy atom. The van der Waals surface area contributed by atoms with Crippen LogP contribution in [0, 0.1) is 50.2 Å². The molecular formula is C36H60O8. The molecule has 15 atom stereocenters. The van der Waals surface area contributed by atoms with Crippen molar-refractivity contribution in [1.29, 1.82) is 0 Å². The van der Waals surface area contributed by atoms with Crippen LogP contribution in [0.4, 0.5) is 0 Å². The highest BCUT2D eigenvalue weighted by Gasteiger charge is 2.69. The first kappa shape index (κ1) is 33.3. The molecule has 5 fully saturated rings. The highest BCUT2D eigenvalue weighted by atomic mass is 16.7. The van der Waals surface area contributed by atoms with Crippen molar-refractivity contribution in [3.05, 3.63) is 11.6 Å². The standard InChI is InChI=1S/C36H60O8/c1-31(2)23-10-13-35(6)24(34(23,5)12-11-26(31)44-30-29(42)28(41)27(40)22(18-37)43-30)9-8-20-21-16-32(3,19-38)14-15-33(21,4)25(39)17-36(20,35)7/h8,21-30,37-42H,9-19H2,1-7H3/t21-,22+,23-,24+,25-,26-,27+,28-,29+,30-,32+,33-,34-,35+,36+/m0/s1. The first-order valence-corrected chi connectivity index (χ1v) is 17.4. The number of allylic oxidation sites excluding steroid dienone is 2. The van der Waals surface area contributed by atoms with E-state index in [1.165, 1.54) is 0 Å². The average molecular weight is 621 g/mol. The van der Waals surface area contributed by atoms with Gasteiger partial charge in [-0.2, -0.15) is 0 Å². The average Bonchev–Trinajstić information content (AvgIpc) is 2.96. The fraction of sp³-hybridized carbons (Fsp3) is 0.944. The van der Waals surface area contributed by atoms with E-state index in [-0.39, 0.29) is 57.2 Å². The van der Waals surface area contributed by atoms with Crippen LogP contribution in [-0.2, 0) is 9.47 Å². The molecule has 6 rings (SSSR count). The van der Waals surface area contributed by atoms with E-state index in [1.54, 1.807) is 5.57 Å². The summed E-state index contributed by atoms with van der Waals surface area (Å²) in [5.74, 6) is 1.09. The predicted molar refractivity (Wildman–Crippen MR) is 166 cm³/mol. The number of aliphatic hydroxyl groups excluding tert-OH is 6. The second-order valence-electron chi connectivity index (χ2n) is 17.9. The Hall–Kier alpha value is -0.580. The van der Waals surface area contributed by atoms with Crippen LogP contribution in [0.5, 0.6) is 0 Å². The number of hydrogen-bond donors (Lipinski definition) is 6. The first-order valence-electron chi connectivity index (χ1n) is 17.4. The van der Waals surface area contributed by atoms with Crippen LogP contribution >= 0.6 is 0 Å². The maximum Gasteiger partial charge on any atom is 0.186 e. The molecule has 6 aliphatic rings. The molecule has 44 heavy (non-hydrogen) atoms. The third-order valence-electron chi connectivity index (χ3n) is 15.5. The Morgan fingerprint density at radius 3 is 2.16 bits per heavy atom. The van der Waals surface area contributed by atoms with Gasteiger partial charge in [-0.25, -0.2) is 0 Å². The zero-order valence-electron chi connectivity index (χ0n) is 28.1. The summed E-state index contributed by atoms with van der Waals surface area (Å²) in [5, 5.41) is 63.3. The van der Waals surface area contributed by atoms with Gasteiger partial charge in [0, 0.05) is 12.0 Å². The topological polar surface area (TPSA) is 140 Å². The summed E-state index contributed by atoms with van der Waals surface area (Å²) >= 11 is 0. The minimum atomic E-state index is -1.45. The van der Waals surface area contributed by atoms with Crippen LogP contribution in [-0.4, -0.2) is 86.8 Å². The lowest BCUT2D eigenvalue weighted by Crippen LogP contribution is -2.67. The molecule has 0 unspecified atom stereocenters. The number of hydrogen-bond acceptors (Lipinski definition) is 8. The van der Waals surface area contributed by atoms with Gasteiger partial charge < -0.3 is 40.1 Å². The predicted octanol–water partition coefficient (Wildman–Crippen LogP) is 3.94. The van der Waals surface area contributed by atoms with Gasteiger partial charge in [-0.05, 0) is 103 Å². The van der Waals surface area contributed by atoms with Crippen LogP contribution in [0.1, 0.15) is 106 Å². The van der Waals surface area contributed by atoms with Crippen molar-refractivity contribution in [2.24, 2.45) is 50.2 Å². The first-order chi connectivity index (χ1) is 20.4. The van der Waals surface area contributed by atoms with Gasteiger partial charge in [0.05, 0.1) is 18.8 Å². The van der Waals surface area contributed by atoms with Crippen molar-refractivity contribution in [2.45, 2.75) is 149 Å². The Bertz CT molecular complexity index is 1140. The minimum Gasteiger partial charge on any atom is -0.396 e. The lowest BCUT2D eigenvalue weighted by molar-refractivity contribution is -0.330. The number of ether oxygens (including phenoxy) is 2. The summed E-state index contributed by atoms with van der Waals surface area (Å²) in [6.07, 6.45) is 4.16. The van der Waals surface area contributed by atoms with Crippen LogP contribution in [0.3, 0.4) is 0 Å². The summed E-state index contributed by atoms with van der Waals surface area (Å²) < 4.78 is 12.2. The fourth-order valence-corrected chi connectivity index (χ4v) is 12.2. The third kappa shape index (κ3) is 4.44. The summed E-state index contributed by atoms with van der Waals surface area (Å²) in [4.78, 5) is 0. The number of rotatable bonds is 4. The quantitative estimate of drug-likeness (QED) is 0.205. The Morgan fingerprint density at radius 1 is 0.795 bits per heavy atom. The fourth-order valence-electron chi connectivity index (χ4n) is 12.2. The van der Waals surface area contributed by atoms with Crippen molar-refractivity contribution >= 4 is 0 Å². The Balaban J connectivity index is 1.29. The summed E-state index contributed by atoms with van der Waals surface area (Å²) in [6, 6.07) is 0. The molecule has 8 heteroatoms. The van der Waals surface area contributed by atoms with Gasteiger partial charge in [0.2, 0.25) is 0 Å². The van der Waals surface area contributed by atoms with Crippen LogP contribution in [0.2, 0.25) is 0 Å². The van der Waals surface area contributed by atoms with Gasteiger partial charge in [0.1, 0.15) is 24.4 Å². The maximum absolute atomic E-state index is 11.9. The van der Waals surface area contributed by atoms with Crippen molar-refractivity contribution in [3.8, 4) is 0 Å². The summed E-state index contributed by atoms with van der Waals surface area (Å²) in [7, 11) is 0. The van der Waals surface area contributed by atoms with Crippen LogP contribution in [0.25, 0.3) is 0 Å². The molecule has 4 saturated carbocycles. The molecule has 1 aliphatic heterocycles. The van der Waals surface area contributed by atoms with Gasteiger partial charge >= 0.3 is 0 Å². The van der Waals surface area contributed by atoms with E-state index < -0.39 is 37.3 Å². The van der Waals surface area contributed by atoms with Gasteiger partial charge in [0.25, 0.3) is 0 Å². The van der Waals surface area contributed by atoms with E-state index in [1.807, 2.05) is 0 Å². The number of aliphatic hydroxyl groups is 6. The van der Waals surface area contributed by atoms with Gasteiger partial charge in [-0.15, -0.1) is 0 Å². The summed E-state index contributed by atoms with van der Waals surface area (Å²) in [5.41, 5.74) is 1.02. The van der Waals surface area contributed by atoms with Crippen molar-refractivity contribution in [2.75, 3.05) is 13.2 Å². The second kappa shape index (κ2) is 10.7. The monoisotopic (exact) mass is 620 g/mol. The molecule has 0 bridgehead atoms. The molecule has 0 spiro atoms. The molecular weight excluding hydrogens is 560 g/mol. The maximum atomic E-state index is 11.9. The smallest absolute Gasteiger partial charge is 0.186 e. The highest BCUT2D eigenvalue weighted by Crippen LogP contribution is 2.75. The van der Waals surface area contributed by atoms with Gasteiger partial charge in [-0.3, -0.25) is 0 Å². The zero-order valence-corrected chi connectivity index (χ0v) is 28.1. The van der Waals surface area contributed by atoms with E-state index in [0.717, 1.165) is 57.8 Å². The lowest BCUT2D eigenvalue weighted by atomic mass is 9.33. The molecule has 8 nitrogen and oxygen atoms in total. The second-order valence-corrected chi connectivity index (χ2v) is 17.9. The highest BCUT2D eigenvalue weighted by molar-refractivity contribution is 5.34. The van der Waals surface area contributed by atoms with Crippen LogP contribution < -0.4 is 0 Å². The Labute approximate surface area is 264 Å². The third-order valence-corrected chi connectivity index (χ3v) is 15.5. The van der Waals surface area contributed by atoms with E-state index in [4.69, 9.17) is 9.47 Å². The normalized spacial score (nSPS) is 56.9. The number of fused-ring (bicyclic) bond motifs is 7. The Kier molecular flexibility index (Phi) is 8.11. The molecule has 5 aliphatic carbocycles. The van der Waals surface area contributed by atoms with E-state index in [9.17, 15) is 30.6 Å². The SMILES string of the molecule is CC1(C)[C@@H](O[C@@H]2O[C@H](CO)[C@@H](O)[C@H](O)[C@H]2O)CC[C@]2(C)[C@H]3CC=C4[C@@H]5C[C@](C)(CO)CC[C@]5(C)[C@@H](O)C[C@@]4(C)[C@]3(C)CC[C@@H]12. The molecule has 6 N–H and O–H groups in total. The van der Waals surface area contributed by atoms with Crippen molar-refractivity contribution in [1.82, 2.24) is 0 Å². The van der Waals surface area contributed by atoms with Crippen LogP contribution in [0.15, 0.2) is 11.6 Å². The molecule has 0 radical (unpaired) electrons. The van der Waals surface area contributed by atoms with Crippen molar-refractivity contribution in [3.63, 3.8) is 0 Å². The molecule has 0 amide bonds. The zero-order chi connectivity index (χ0) is 32.3. The van der Waals surface area contributed by atoms with E-state index in [2.05, 4.69) is 54.5 Å². The summed E-state index contributed by atoms with van der Waals surface area (Å²) in [6.45, 7) is 16.2. The molecule has 0 aromatic carbocycles. The minimum absolute atomic E-state index is 0.0265. The lowest BCUT2D eigenvalue weighted by Gasteiger charge is -2.72. The molecule has 252 valence electrons. The van der Waals surface area contributed by atoms with Gasteiger partial charge in [-0.1, -0.05) is 60.1 Å². The molecule has 0 aromatic heterocycles. The van der Waals surface area contributed by atoms with Crippen molar-refractivity contribution < 1.29 is 40.1 Å². The molecule has 1 saturated heterocycles. The van der Waals surface area contributed by atoms with E-state index in [0.29, 0.717) is 11.8 Å². The largest absolute Gasteiger partial charge is 0.396 e. The molecule has 1 heterocycles. The van der Waals surface area contributed by atoms with Gasteiger partial charge in [0.15, 0.2) is 6.29 Å².